The maximum atomic E-state index is 12.4. The van der Waals surface area contributed by atoms with Crippen molar-refractivity contribution in [2.45, 2.75) is 70.1 Å². The number of rotatable bonds is 7. The van der Waals surface area contributed by atoms with Crippen molar-refractivity contribution >= 4 is 21.6 Å². The first-order valence-corrected chi connectivity index (χ1v) is 12.7. The number of carbonyl (C=O) groups excluding carboxylic acids is 1. The number of allylic oxidation sites excluding steroid dienone is 2. The lowest BCUT2D eigenvalue weighted by molar-refractivity contribution is 0.0927. The number of hydrogen-bond acceptors (Lipinski definition) is 4. The van der Waals surface area contributed by atoms with E-state index < -0.39 is 14.8 Å². The Morgan fingerprint density at radius 1 is 1.06 bits per heavy atom. The standard InChI is InChI=1S/C24H35N3O3S/c1-24(2,3)31(29,30)27-22-13-9-18(10-14-22)17-25-20-15-11-19(12-16-20)23(28)26-21-7-5-4-6-8-21/h9,11-16,18,21,25,27H,4-8,10,17H2,1-3H3,(H,26,28)/t18-/m1/s1. The normalized spacial score (nSPS) is 20.1. The summed E-state index contributed by atoms with van der Waals surface area (Å²) in [7, 11) is -3.41. The Bertz CT molecular complexity index is 922. The quantitative estimate of drug-likeness (QED) is 0.583. The van der Waals surface area contributed by atoms with Crippen molar-refractivity contribution in [2.24, 2.45) is 5.92 Å². The van der Waals surface area contributed by atoms with E-state index in [0.29, 0.717) is 17.3 Å². The summed E-state index contributed by atoms with van der Waals surface area (Å²) in [6.07, 6.45) is 12.4. The first kappa shape index (κ1) is 23.4. The Balaban J connectivity index is 1.45. The second-order valence-corrected chi connectivity index (χ2v) is 11.9. The SMILES string of the molecule is CC(C)(C)S(=O)(=O)NC1=CC[C@H](CNc2ccc(C(=O)NC3CCCCC3)cc2)C=C1. The van der Waals surface area contributed by atoms with E-state index in [-0.39, 0.29) is 11.8 Å². The number of nitrogens with one attached hydrogen (secondary N) is 3. The molecule has 0 aromatic heterocycles. The molecule has 1 amide bonds. The monoisotopic (exact) mass is 445 g/mol. The summed E-state index contributed by atoms with van der Waals surface area (Å²) in [5.41, 5.74) is 2.28. The molecule has 3 N–H and O–H groups in total. The lowest BCUT2D eigenvalue weighted by Gasteiger charge is -2.23. The Hall–Kier alpha value is -2.28. The molecule has 2 aliphatic carbocycles. The zero-order valence-corrected chi connectivity index (χ0v) is 19.6. The summed E-state index contributed by atoms with van der Waals surface area (Å²) >= 11 is 0. The van der Waals surface area contributed by atoms with Crippen LogP contribution in [0.5, 0.6) is 0 Å². The topological polar surface area (TPSA) is 87.3 Å². The van der Waals surface area contributed by atoms with Gasteiger partial charge in [0.1, 0.15) is 0 Å². The molecule has 0 bridgehead atoms. The first-order chi connectivity index (χ1) is 14.6. The summed E-state index contributed by atoms with van der Waals surface area (Å²) < 4.78 is 26.4. The summed E-state index contributed by atoms with van der Waals surface area (Å²) in [5.74, 6) is 0.279. The van der Waals surface area contributed by atoms with Crippen LogP contribution < -0.4 is 15.4 Å². The fourth-order valence-electron chi connectivity index (χ4n) is 3.70. The molecule has 7 heteroatoms. The molecule has 1 atom stereocenters. The Morgan fingerprint density at radius 2 is 1.74 bits per heavy atom. The molecular formula is C24H35N3O3S. The van der Waals surface area contributed by atoms with Gasteiger partial charge in [-0.15, -0.1) is 0 Å². The molecule has 0 radical (unpaired) electrons. The number of anilines is 1. The molecule has 6 nitrogen and oxygen atoms in total. The van der Waals surface area contributed by atoms with Crippen molar-refractivity contribution in [2.75, 3.05) is 11.9 Å². The van der Waals surface area contributed by atoms with Gasteiger partial charge in [-0.05, 0) is 76.3 Å². The predicted octanol–water partition coefficient (Wildman–Crippen LogP) is 4.34. The van der Waals surface area contributed by atoms with Gasteiger partial charge < -0.3 is 10.6 Å². The molecule has 3 rings (SSSR count). The second kappa shape index (κ2) is 9.90. The molecule has 0 heterocycles. The smallest absolute Gasteiger partial charge is 0.251 e. The molecule has 0 aliphatic heterocycles. The van der Waals surface area contributed by atoms with Crippen molar-refractivity contribution in [1.82, 2.24) is 10.0 Å². The van der Waals surface area contributed by atoms with Crippen LogP contribution in [0.1, 0.15) is 69.7 Å². The highest BCUT2D eigenvalue weighted by atomic mass is 32.2. The van der Waals surface area contributed by atoms with Crippen LogP contribution in [0, 0.1) is 5.92 Å². The van der Waals surface area contributed by atoms with Crippen LogP contribution in [0.15, 0.2) is 48.2 Å². The molecule has 1 saturated carbocycles. The van der Waals surface area contributed by atoms with E-state index in [1.54, 1.807) is 20.8 Å². The van der Waals surface area contributed by atoms with Gasteiger partial charge in [0, 0.05) is 29.5 Å². The number of benzene rings is 1. The summed E-state index contributed by atoms with van der Waals surface area (Å²) in [6.45, 7) is 5.78. The molecule has 0 unspecified atom stereocenters. The molecule has 1 aromatic carbocycles. The van der Waals surface area contributed by atoms with Crippen LogP contribution in [0.2, 0.25) is 0 Å². The van der Waals surface area contributed by atoms with Gasteiger partial charge in [-0.2, -0.15) is 0 Å². The number of carbonyl (C=O) groups is 1. The third kappa shape index (κ3) is 6.60. The van der Waals surface area contributed by atoms with Crippen molar-refractivity contribution in [1.29, 1.82) is 0 Å². The van der Waals surface area contributed by atoms with Gasteiger partial charge >= 0.3 is 0 Å². The van der Waals surface area contributed by atoms with Crippen molar-refractivity contribution in [3.63, 3.8) is 0 Å². The van der Waals surface area contributed by atoms with E-state index in [2.05, 4.69) is 15.4 Å². The predicted molar refractivity (Wildman–Crippen MR) is 126 cm³/mol. The zero-order chi connectivity index (χ0) is 22.5. The fraction of sp³-hybridized carbons (Fsp3) is 0.542. The largest absolute Gasteiger partial charge is 0.384 e. The molecule has 0 saturated heterocycles. The van der Waals surface area contributed by atoms with Crippen LogP contribution >= 0.6 is 0 Å². The van der Waals surface area contributed by atoms with E-state index in [0.717, 1.165) is 31.5 Å². The van der Waals surface area contributed by atoms with E-state index in [1.165, 1.54) is 19.3 Å². The van der Waals surface area contributed by atoms with Gasteiger partial charge in [-0.25, -0.2) is 8.42 Å². The van der Waals surface area contributed by atoms with E-state index in [9.17, 15) is 13.2 Å². The van der Waals surface area contributed by atoms with Gasteiger partial charge in [0.25, 0.3) is 5.91 Å². The minimum Gasteiger partial charge on any atom is -0.384 e. The average Bonchev–Trinajstić information content (AvgIpc) is 2.73. The second-order valence-electron chi connectivity index (χ2n) is 9.50. The number of hydrogen-bond donors (Lipinski definition) is 3. The first-order valence-electron chi connectivity index (χ1n) is 11.2. The van der Waals surface area contributed by atoms with Crippen LogP contribution in [-0.4, -0.2) is 31.7 Å². The summed E-state index contributed by atoms with van der Waals surface area (Å²) in [4.78, 5) is 12.4. The van der Waals surface area contributed by atoms with Gasteiger partial charge in [-0.3, -0.25) is 9.52 Å². The van der Waals surface area contributed by atoms with Crippen LogP contribution in [-0.2, 0) is 10.0 Å². The highest BCUT2D eigenvalue weighted by molar-refractivity contribution is 7.90. The number of sulfonamides is 1. The van der Waals surface area contributed by atoms with Crippen LogP contribution in [0.3, 0.4) is 0 Å². The Labute approximate surface area is 186 Å². The highest BCUT2D eigenvalue weighted by Gasteiger charge is 2.29. The van der Waals surface area contributed by atoms with Gasteiger partial charge in [0.05, 0.1) is 4.75 Å². The lowest BCUT2D eigenvalue weighted by atomic mass is 9.95. The van der Waals surface area contributed by atoms with Gasteiger partial charge in [-0.1, -0.05) is 31.4 Å². The summed E-state index contributed by atoms with van der Waals surface area (Å²) in [5, 5.41) is 6.54. The summed E-state index contributed by atoms with van der Waals surface area (Å²) in [6, 6.07) is 7.89. The van der Waals surface area contributed by atoms with E-state index in [1.807, 2.05) is 42.5 Å². The van der Waals surface area contributed by atoms with Crippen LogP contribution in [0.4, 0.5) is 5.69 Å². The zero-order valence-electron chi connectivity index (χ0n) is 18.8. The Morgan fingerprint density at radius 3 is 2.32 bits per heavy atom. The third-order valence-electron chi connectivity index (χ3n) is 5.90. The fourth-order valence-corrected chi connectivity index (χ4v) is 4.47. The third-order valence-corrected chi connectivity index (χ3v) is 8.02. The maximum Gasteiger partial charge on any atom is 0.251 e. The molecular weight excluding hydrogens is 410 g/mol. The molecule has 0 spiro atoms. The van der Waals surface area contributed by atoms with Crippen molar-refractivity contribution in [3.05, 3.63) is 53.8 Å². The molecule has 1 aromatic rings. The molecule has 170 valence electrons. The number of amides is 1. The van der Waals surface area contributed by atoms with Crippen molar-refractivity contribution in [3.8, 4) is 0 Å². The van der Waals surface area contributed by atoms with Gasteiger partial charge in [0.15, 0.2) is 0 Å². The van der Waals surface area contributed by atoms with Crippen LogP contribution in [0.25, 0.3) is 0 Å². The molecule has 1 fully saturated rings. The van der Waals surface area contributed by atoms with Gasteiger partial charge in [0.2, 0.25) is 10.0 Å². The molecule has 31 heavy (non-hydrogen) atoms. The molecule has 2 aliphatic rings. The Kier molecular flexibility index (Phi) is 7.46. The average molecular weight is 446 g/mol. The maximum absolute atomic E-state index is 12.4. The minimum absolute atomic E-state index is 0.00374. The minimum atomic E-state index is -3.41. The van der Waals surface area contributed by atoms with E-state index in [4.69, 9.17) is 0 Å². The van der Waals surface area contributed by atoms with E-state index >= 15 is 0 Å². The lowest BCUT2D eigenvalue weighted by Crippen LogP contribution is -2.38. The van der Waals surface area contributed by atoms with Crippen molar-refractivity contribution < 1.29 is 13.2 Å². The highest BCUT2D eigenvalue weighted by Crippen LogP contribution is 2.21.